The van der Waals surface area contributed by atoms with E-state index in [2.05, 4.69) is 19.2 Å². The van der Waals surface area contributed by atoms with Gasteiger partial charge in [0.05, 0.1) is 26.4 Å². The van der Waals surface area contributed by atoms with Gasteiger partial charge in [-0.05, 0) is 37.5 Å². The molecule has 0 spiro atoms. The van der Waals surface area contributed by atoms with Crippen molar-refractivity contribution in [3.63, 3.8) is 0 Å². The van der Waals surface area contributed by atoms with Gasteiger partial charge in [0.15, 0.2) is 11.5 Å². The summed E-state index contributed by atoms with van der Waals surface area (Å²) in [5, 5.41) is 12.2. The minimum absolute atomic E-state index is 0.0713. The molecule has 1 aromatic rings. The number of amides is 1. The number of carbonyl (C=O) groups excluding carboxylic acids is 1. The molecule has 21 heavy (non-hydrogen) atoms. The van der Waals surface area contributed by atoms with Gasteiger partial charge in [0, 0.05) is 5.56 Å². The Morgan fingerprint density at radius 3 is 2.57 bits per heavy atom. The molecule has 0 aliphatic rings. The average Bonchev–Trinajstić information content (AvgIpc) is 2.46. The van der Waals surface area contributed by atoms with Crippen molar-refractivity contribution in [1.82, 2.24) is 5.32 Å². The Morgan fingerprint density at radius 2 is 2.05 bits per heavy atom. The Bertz CT molecular complexity index is 460. The van der Waals surface area contributed by atoms with Crippen LogP contribution in [0.5, 0.6) is 11.5 Å². The Morgan fingerprint density at radius 1 is 1.33 bits per heavy atom. The predicted octanol–water partition coefficient (Wildman–Crippen LogP) is 2.23. The van der Waals surface area contributed by atoms with E-state index in [1.165, 1.54) is 7.11 Å². The molecule has 1 aromatic carbocycles. The van der Waals surface area contributed by atoms with E-state index in [0.717, 1.165) is 6.42 Å². The number of nitrogens with one attached hydrogen (secondary N) is 1. The van der Waals surface area contributed by atoms with Crippen LogP contribution in [-0.2, 0) is 0 Å². The van der Waals surface area contributed by atoms with Gasteiger partial charge >= 0.3 is 0 Å². The van der Waals surface area contributed by atoms with Crippen LogP contribution in [-0.4, -0.2) is 37.4 Å². The van der Waals surface area contributed by atoms with Crippen molar-refractivity contribution in [3.05, 3.63) is 23.8 Å². The van der Waals surface area contributed by atoms with Crippen molar-refractivity contribution in [2.75, 3.05) is 20.3 Å². The van der Waals surface area contributed by atoms with E-state index >= 15 is 0 Å². The highest BCUT2D eigenvalue weighted by Crippen LogP contribution is 2.28. The average molecular weight is 295 g/mol. The molecule has 1 unspecified atom stereocenters. The summed E-state index contributed by atoms with van der Waals surface area (Å²) in [7, 11) is 1.54. The maximum absolute atomic E-state index is 12.2. The number of ether oxygens (including phenoxy) is 2. The topological polar surface area (TPSA) is 67.8 Å². The van der Waals surface area contributed by atoms with Gasteiger partial charge in [-0.25, -0.2) is 0 Å². The van der Waals surface area contributed by atoms with Crippen LogP contribution in [0.1, 0.15) is 37.6 Å². The maximum Gasteiger partial charge on any atom is 0.251 e. The minimum atomic E-state index is -0.241. The Hall–Kier alpha value is -1.75. The number of rotatable bonds is 8. The van der Waals surface area contributed by atoms with Gasteiger partial charge in [0.2, 0.25) is 0 Å². The molecule has 1 amide bonds. The fourth-order valence-corrected chi connectivity index (χ4v) is 2.10. The SMILES string of the molecule is CCOc1ccc(C(=O)NC(CO)CC(C)C)cc1OC. The summed E-state index contributed by atoms with van der Waals surface area (Å²) in [5.74, 6) is 1.31. The fourth-order valence-electron chi connectivity index (χ4n) is 2.10. The van der Waals surface area contributed by atoms with Crippen LogP contribution in [0, 0.1) is 5.92 Å². The molecule has 0 saturated carbocycles. The maximum atomic E-state index is 12.2. The number of hydrogen-bond donors (Lipinski definition) is 2. The van der Waals surface area contributed by atoms with Gasteiger partial charge in [0.25, 0.3) is 5.91 Å². The smallest absolute Gasteiger partial charge is 0.251 e. The molecule has 0 bridgehead atoms. The van der Waals surface area contributed by atoms with Crippen LogP contribution in [0.15, 0.2) is 18.2 Å². The number of benzene rings is 1. The quantitative estimate of drug-likeness (QED) is 0.772. The van der Waals surface area contributed by atoms with Crippen molar-refractivity contribution < 1.29 is 19.4 Å². The first-order chi connectivity index (χ1) is 10.0. The summed E-state index contributed by atoms with van der Waals surface area (Å²) in [4.78, 5) is 12.2. The molecule has 5 heteroatoms. The number of aliphatic hydroxyl groups excluding tert-OH is 1. The zero-order chi connectivity index (χ0) is 15.8. The normalized spacial score (nSPS) is 12.1. The fraction of sp³-hybridized carbons (Fsp3) is 0.562. The van der Waals surface area contributed by atoms with Gasteiger partial charge in [-0.15, -0.1) is 0 Å². The highest BCUT2D eigenvalue weighted by atomic mass is 16.5. The number of methoxy groups -OCH3 is 1. The van der Waals surface area contributed by atoms with E-state index < -0.39 is 0 Å². The minimum Gasteiger partial charge on any atom is -0.493 e. The summed E-state index contributed by atoms with van der Waals surface area (Å²) in [5.41, 5.74) is 0.484. The largest absolute Gasteiger partial charge is 0.493 e. The van der Waals surface area contributed by atoms with E-state index in [1.54, 1.807) is 18.2 Å². The molecule has 0 saturated heterocycles. The highest BCUT2D eigenvalue weighted by molar-refractivity contribution is 5.95. The zero-order valence-electron chi connectivity index (χ0n) is 13.2. The molecule has 0 radical (unpaired) electrons. The lowest BCUT2D eigenvalue weighted by atomic mass is 10.0. The summed E-state index contributed by atoms with van der Waals surface area (Å²) in [6.45, 7) is 6.45. The van der Waals surface area contributed by atoms with Crippen LogP contribution >= 0.6 is 0 Å². The molecule has 5 nitrogen and oxygen atoms in total. The Kier molecular flexibility index (Phi) is 7.02. The van der Waals surface area contributed by atoms with Crippen molar-refractivity contribution >= 4 is 5.91 Å². The van der Waals surface area contributed by atoms with E-state index in [4.69, 9.17) is 9.47 Å². The summed E-state index contributed by atoms with van der Waals surface area (Å²) in [6.07, 6.45) is 0.733. The van der Waals surface area contributed by atoms with Gasteiger partial charge in [-0.3, -0.25) is 4.79 Å². The van der Waals surface area contributed by atoms with Gasteiger partial charge in [-0.1, -0.05) is 13.8 Å². The van der Waals surface area contributed by atoms with Gasteiger partial charge in [-0.2, -0.15) is 0 Å². The van der Waals surface area contributed by atoms with E-state index in [0.29, 0.717) is 29.6 Å². The monoisotopic (exact) mass is 295 g/mol. The predicted molar refractivity (Wildman–Crippen MR) is 82.0 cm³/mol. The van der Waals surface area contributed by atoms with E-state index in [-0.39, 0.29) is 18.6 Å². The molecule has 0 fully saturated rings. The third-order valence-electron chi connectivity index (χ3n) is 3.04. The molecular formula is C16H25NO4. The first kappa shape index (κ1) is 17.3. The standard InChI is InChI=1S/C16H25NO4/c1-5-21-14-7-6-12(9-15(14)20-4)16(19)17-13(10-18)8-11(2)3/h6-7,9,11,13,18H,5,8,10H2,1-4H3,(H,17,19). The van der Waals surface area contributed by atoms with Crippen LogP contribution in [0.25, 0.3) is 0 Å². The van der Waals surface area contributed by atoms with Gasteiger partial charge in [0.1, 0.15) is 0 Å². The second-order valence-electron chi connectivity index (χ2n) is 5.28. The molecule has 1 rings (SSSR count). The first-order valence-electron chi connectivity index (χ1n) is 7.24. The Balaban J connectivity index is 2.82. The lowest BCUT2D eigenvalue weighted by molar-refractivity contribution is 0.0908. The van der Waals surface area contributed by atoms with Crippen molar-refractivity contribution in [2.24, 2.45) is 5.92 Å². The molecule has 118 valence electrons. The number of carbonyl (C=O) groups is 1. The van der Waals surface area contributed by atoms with Crippen LogP contribution in [0.3, 0.4) is 0 Å². The molecule has 0 aliphatic carbocycles. The van der Waals surface area contributed by atoms with E-state index in [9.17, 15) is 9.90 Å². The summed E-state index contributed by atoms with van der Waals surface area (Å²) >= 11 is 0. The Labute approximate surface area is 126 Å². The molecule has 0 aromatic heterocycles. The number of aliphatic hydroxyl groups is 1. The molecular weight excluding hydrogens is 270 g/mol. The van der Waals surface area contributed by atoms with Crippen molar-refractivity contribution in [2.45, 2.75) is 33.2 Å². The first-order valence-corrected chi connectivity index (χ1v) is 7.24. The molecule has 2 N–H and O–H groups in total. The van der Waals surface area contributed by atoms with Crippen LogP contribution < -0.4 is 14.8 Å². The van der Waals surface area contributed by atoms with Crippen molar-refractivity contribution in [3.8, 4) is 11.5 Å². The molecule has 1 atom stereocenters. The third-order valence-corrected chi connectivity index (χ3v) is 3.04. The highest BCUT2D eigenvalue weighted by Gasteiger charge is 2.16. The lowest BCUT2D eigenvalue weighted by Gasteiger charge is -2.18. The molecule has 0 aliphatic heterocycles. The third kappa shape index (κ3) is 5.27. The lowest BCUT2D eigenvalue weighted by Crippen LogP contribution is -2.38. The summed E-state index contributed by atoms with van der Waals surface area (Å²) in [6, 6.07) is 4.81. The molecule has 0 heterocycles. The second kappa shape index (κ2) is 8.52. The summed E-state index contributed by atoms with van der Waals surface area (Å²) < 4.78 is 10.7. The van der Waals surface area contributed by atoms with Crippen molar-refractivity contribution in [1.29, 1.82) is 0 Å². The van der Waals surface area contributed by atoms with Crippen LogP contribution in [0.4, 0.5) is 0 Å². The van der Waals surface area contributed by atoms with E-state index in [1.807, 2.05) is 6.92 Å². The zero-order valence-corrected chi connectivity index (χ0v) is 13.2. The van der Waals surface area contributed by atoms with Crippen LogP contribution in [0.2, 0.25) is 0 Å². The second-order valence-corrected chi connectivity index (χ2v) is 5.28. The van der Waals surface area contributed by atoms with Gasteiger partial charge < -0.3 is 19.9 Å². The number of hydrogen-bond acceptors (Lipinski definition) is 4.